The molecule has 0 saturated carbocycles. The van der Waals surface area contributed by atoms with E-state index in [1.807, 2.05) is 6.92 Å². The monoisotopic (exact) mass is 214 g/mol. The Morgan fingerprint density at radius 1 is 1.67 bits per heavy atom. The minimum absolute atomic E-state index is 0.00327. The Morgan fingerprint density at radius 2 is 2.33 bits per heavy atom. The van der Waals surface area contributed by atoms with E-state index < -0.39 is 0 Å². The maximum Gasteiger partial charge on any atom is 0.280 e. The van der Waals surface area contributed by atoms with Gasteiger partial charge in [0.15, 0.2) is 0 Å². The number of anilines is 1. The minimum atomic E-state index is -0.335. The smallest absolute Gasteiger partial charge is 0.280 e. The van der Waals surface area contributed by atoms with E-state index in [0.717, 1.165) is 0 Å². The molecule has 0 saturated heterocycles. The van der Waals surface area contributed by atoms with Crippen LogP contribution in [0.3, 0.4) is 0 Å². The van der Waals surface area contributed by atoms with Crippen molar-refractivity contribution in [2.45, 2.75) is 13.0 Å². The number of nitrogens with zero attached hydrogens (tertiary/aromatic N) is 3. The minimum Gasteiger partial charge on any atom is -0.383 e. The number of nitrogen functional groups attached to an aromatic ring is 1. The van der Waals surface area contributed by atoms with Crippen LogP contribution in [-0.2, 0) is 4.74 Å². The Morgan fingerprint density at radius 3 is 2.80 bits per heavy atom. The second-order valence-corrected chi connectivity index (χ2v) is 3.22. The van der Waals surface area contributed by atoms with E-state index in [1.165, 1.54) is 4.90 Å². The van der Waals surface area contributed by atoms with Gasteiger partial charge in [0.1, 0.15) is 0 Å². The van der Waals surface area contributed by atoms with Gasteiger partial charge >= 0.3 is 0 Å². The van der Waals surface area contributed by atoms with Gasteiger partial charge in [-0.3, -0.25) is 4.79 Å². The zero-order valence-electron chi connectivity index (χ0n) is 8.93. The van der Waals surface area contributed by atoms with Crippen molar-refractivity contribution in [2.24, 2.45) is 0 Å². The van der Waals surface area contributed by atoms with Crippen molar-refractivity contribution in [1.82, 2.24) is 15.2 Å². The summed E-state index contributed by atoms with van der Waals surface area (Å²) < 4.78 is 9.29. The number of methoxy groups -OCH3 is 1. The van der Waals surface area contributed by atoms with Crippen molar-refractivity contribution in [3.05, 3.63) is 5.69 Å². The molecule has 1 unspecified atom stereocenters. The van der Waals surface area contributed by atoms with Crippen LogP contribution in [0.25, 0.3) is 0 Å². The Kier molecular flexibility index (Phi) is 3.62. The summed E-state index contributed by atoms with van der Waals surface area (Å²) in [6, 6.07) is -0.0707. The summed E-state index contributed by atoms with van der Waals surface area (Å²) in [7, 11) is 3.21. The van der Waals surface area contributed by atoms with Crippen LogP contribution in [-0.4, -0.2) is 47.9 Å². The molecule has 0 bridgehead atoms. The van der Waals surface area contributed by atoms with Gasteiger partial charge in [0.2, 0.25) is 11.5 Å². The number of nitrogens with two attached hydrogens (primary N) is 1. The lowest BCUT2D eigenvalue weighted by atomic mass is 10.3. The molecule has 1 heterocycles. The predicted molar refractivity (Wildman–Crippen MR) is 52.1 cm³/mol. The molecular formula is C8H14N4O3. The van der Waals surface area contributed by atoms with Gasteiger partial charge in [0.25, 0.3) is 5.91 Å². The zero-order valence-corrected chi connectivity index (χ0v) is 8.93. The Labute approximate surface area is 87.1 Å². The first-order valence-corrected chi connectivity index (χ1v) is 4.42. The highest BCUT2D eigenvalue weighted by atomic mass is 16.6. The number of amides is 1. The molecule has 1 aromatic rings. The van der Waals surface area contributed by atoms with Crippen LogP contribution in [0.2, 0.25) is 0 Å². The SMILES string of the molecule is COCC(C)N(C)C(=O)c1nonc1N. The molecule has 1 amide bonds. The molecule has 7 nitrogen and oxygen atoms in total. The van der Waals surface area contributed by atoms with Crippen LogP contribution in [0.15, 0.2) is 4.63 Å². The van der Waals surface area contributed by atoms with Crippen LogP contribution in [0.1, 0.15) is 17.4 Å². The molecule has 1 rings (SSSR count). The number of rotatable bonds is 4. The number of aromatic nitrogens is 2. The van der Waals surface area contributed by atoms with Crippen LogP contribution < -0.4 is 5.73 Å². The second kappa shape index (κ2) is 4.74. The van der Waals surface area contributed by atoms with Crippen molar-refractivity contribution in [3.63, 3.8) is 0 Å². The molecule has 0 aromatic carbocycles. The van der Waals surface area contributed by atoms with E-state index in [0.29, 0.717) is 6.61 Å². The van der Waals surface area contributed by atoms with Crippen molar-refractivity contribution in [1.29, 1.82) is 0 Å². The van der Waals surface area contributed by atoms with Crippen molar-refractivity contribution >= 4 is 11.7 Å². The highest BCUT2D eigenvalue weighted by Gasteiger charge is 2.23. The van der Waals surface area contributed by atoms with Crippen LogP contribution in [0, 0.1) is 0 Å². The number of ether oxygens (including phenoxy) is 1. The maximum atomic E-state index is 11.8. The van der Waals surface area contributed by atoms with Crippen molar-refractivity contribution < 1.29 is 14.2 Å². The summed E-state index contributed by atoms with van der Waals surface area (Å²) >= 11 is 0. The first-order chi connectivity index (χ1) is 7.07. The van der Waals surface area contributed by atoms with Gasteiger partial charge in [-0.1, -0.05) is 0 Å². The number of carbonyl (C=O) groups excluding carboxylic acids is 1. The summed E-state index contributed by atoms with van der Waals surface area (Å²) in [4.78, 5) is 13.2. The van der Waals surface area contributed by atoms with Gasteiger partial charge in [-0.15, -0.1) is 0 Å². The summed E-state index contributed by atoms with van der Waals surface area (Å²) in [5.41, 5.74) is 5.44. The molecule has 1 aromatic heterocycles. The van der Waals surface area contributed by atoms with E-state index in [2.05, 4.69) is 14.9 Å². The Bertz CT molecular complexity index is 338. The lowest BCUT2D eigenvalue weighted by Gasteiger charge is -2.23. The molecule has 0 aliphatic carbocycles. The Balaban J connectivity index is 2.73. The van der Waals surface area contributed by atoms with E-state index in [1.54, 1.807) is 14.2 Å². The molecule has 1 atom stereocenters. The van der Waals surface area contributed by atoms with Gasteiger partial charge in [-0.05, 0) is 17.2 Å². The third-order valence-corrected chi connectivity index (χ3v) is 2.11. The lowest BCUT2D eigenvalue weighted by Crippen LogP contribution is -2.38. The molecule has 7 heteroatoms. The highest BCUT2D eigenvalue weighted by molar-refractivity contribution is 5.96. The fourth-order valence-electron chi connectivity index (χ4n) is 1.06. The van der Waals surface area contributed by atoms with E-state index in [9.17, 15) is 4.79 Å². The van der Waals surface area contributed by atoms with E-state index >= 15 is 0 Å². The number of hydrogen-bond donors (Lipinski definition) is 1. The summed E-state index contributed by atoms with van der Waals surface area (Å²) in [6.45, 7) is 2.29. The number of carbonyl (C=O) groups is 1. The highest BCUT2D eigenvalue weighted by Crippen LogP contribution is 2.09. The molecule has 2 N–H and O–H groups in total. The van der Waals surface area contributed by atoms with E-state index in [4.69, 9.17) is 10.5 Å². The largest absolute Gasteiger partial charge is 0.383 e. The number of hydrogen-bond acceptors (Lipinski definition) is 6. The van der Waals surface area contributed by atoms with Gasteiger partial charge in [0.05, 0.1) is 12.6 Å². The zero-order chi connectivity index (χ0) is 11.4. The van der Waals surface area contributed by atoms with Crippen molar-refractivity contribution in [3.8, 4) is 0 Å². The number of likely N-dealkylation sites (N-methyl/N-ethyl adjacent to an activating group) is 1. The summed E-state index contributed by atoms with van der Waals surface area (Å²) in [5, 5.41) is 6.77. The lowest BCUT2D eigenvalue weighted by molar-refractivity contribution is 0.0624. The summed E-state index contributed by atoms with van der Waals surface area (Å²) in [5.74, 6) is -0.338. The molecule has 15 heavy (non-hydrogen) atoms. The predicted octanol–water partition coefficient (Wildman–Crippen LogP) is -0.241. The molecule has 0 aliphatic heterocycles. The molecule has 0 fully saturated rings. The molecule has 0 spiro atoms. The van der Waals surface area contributed by atoms with E-state index in [-0.39, 0.29) is 23.5 Å². The summed E-state index contributed by atoms with van der Waals surface area (Å²) in [6.07, 6.45) is 0. The van der Waals surface area contributed by atoms with Gasteiger partial charge in [-0.25, -0.2) is 4.63 Å². The first kappa shape index (κ1) is 11.4. The van der Waals surface area contributed by atoms with Gasteiger partial charge < -0.3 is 15.4 Å². The Hall–Kier alpha value is -1.63. The molecule has 84 valence electrons. The normalized spacial score (nSPS) is 12.5. The van der Waals surface area contributed by atoms with Crippen LogP contribution >= 0.6 is 0 Å². The average Bonchev–Trinajstić information content (AvgIpc) is 2.62. The third-order valence-electron chi connectivity index (χ3n) is 2.11. The second-order valence-electron chi connectivity index (χ2n) is 3.22. The molecule has 0 aliphatic rings. The quantitative estimate of drug-likeness (QED) is 0.743. The standard InChI is InChI=1S/C8H14N4O3/c1-5(4-14-3)12(2)8(13)6-7(9)11-15-10-6/h5H,4H2,1-3H3,(H2,9,11). The molecule has 0 radical (unpaired) electrons. The first-order valence-electron chi connectivity index (χ1n) is 4.42. The fraction of sp³-hybridized carbons (Fsp3) is 0.625. The van der Waals surface area contributed by atoms with Gasteiger partial charge in [-0.2, -0.15) is 0 Å². The third kappa shape index (κ3) is 2.44. The fourth-order valence-corrected chi connectivity index (χ4v) is 1.06. The van der Waals surface area contributed by atoms with Crippen LogP contribution in [0.4, 0.5) is 5.82 Å². The van der Waals surface area contributed by atoms with Crippen LogP contribution in [0.5, 0.6) is 0 Å². The molecular weight excluding hydrogens is 200 g/mol. The van der Waals surface area contributed by atoms with Gasteiger partial charge in [0, 0.05) is 14.2 Å². The average molecular weight is 214 g/mol. The topological polar surface area (TPSA) is 94.5 Å². The van der Waals surface area contributed by atoms with Crippen molar-refractivity contribution in [2.75, 3.05) is 26.5 Å². The maximum absolute atomic E-state index is 11.8.